The molecule has 2 aromatic heterocycles. The molecule has 10 heteroatoms. The Morgan fingerprint density at radius 1 is 1.00 bits per heavy atom. The van der Waals surface area contributed by atoms with Gasteiger partial charge in [-0.2, -0.15) is 5.10 Å². The van der Waals surface area contributed by atoms with Crippen molar-refractivity contribution in [3.05, 3.63) is 83.3 Å². The first-order chi connectivity index (χ1) is 22.3. The van der Waals surface area contributed by atoms with Gasteiger partial charge in [-0.25, -0.2) is 9.37 Å². The van der Waals surface area contributed by atoms with Gasteiger partial charge in [0.1, 0.15) is 11.9 Å². The van der Waals surface area contributed by atoms with Gasteiger partial charge in [0.25, 0.3) is 5.91 Å². The summed E-state index contributed by atoms with van der Waals surface area (Å²) in [6.07, 6.45) is 4.68. The number of halogens is 1. The van der Waals surface area contributed by atoms with E-state index in [1.54, 1.807) is 0 Å². The van der Waals surface area contributed by atoms with Crippen LogP contribution in [0.5, 0.6) is 0 Å². The summed E-state index contributed by atoms with van der Waals surface area (Å²) in [6, 6.07) is 17.2. The number of carbonyl (C=O) groups is 2. The zero-order valence-corrected chi connectivity index (χ0v) is 26.3. The highest BCUT2D eigenvalue weighted by Gasteiger charge is 2.52. The number of piperazine rings is 1. The van der Waals surface area contributed by atoms with Crippen molar-refractivity contribution in [1.82, 2.24) is 25.8 Å². The van der Waals surface area contributed by atoms with Crippen LogP contribution in [0.2, 0.25) is 0 Å². The molecular formula is C36H40FN7O2. The molecule has 2 fully saturated rings. The van der Waals surface area contributed by atoms with Crippen molar-refractivity contribution in [2.24, 2.45) is 0 Å². The van der Waals surface area contributed by atoms with Crippen molar-refractivity contribution in [2.45, 2.75) is 63.6 Å². The third-order valence-corrected chi connectivity index (χ3v) is 9.66. The molecular weight excluding hydrogens is 581 g/mol. The molecule has 2 aromatic carbocycles. The number of aromatic nitrogens is 3. The minimum absolute atomic E-state index is 0.185. The number of pyridine rings is 1. The zero-order chi connectivity index (χ0) is 31.8. The minimum Gasteiger partial charge on any atom is -0.354 e. The predicted molar refractivity (Wildman–Crippen MR) is 178 cm³/mol. The summed E-state index contributed by atoms with van der Waals surface area (Å²) >= 11 is 0. The van der Waals surface area contributed by atoms with Crippen molar-refractivity contribution >= 4 is 23.3 Å². The summed E-state index contributed by atoms with van der Waals surface area (Å²) in [4.78, 5) is 34.0. The van der Waals surface area contributed by atoms with E-state index in [1.807, 2.05) is 50.4 Å². The summed E-state index contributed by atoms with van der Waals surface area (Å²) in [5, 5.41) is 16.6. The second-order valence-corrected chi connectivity index (χ2v) is 12.8. The highest BCUT2D eigenvalue weighted by Crippen LogP contribution is 2.42. The number of nitrogens with one attached hydrogen (secondary N) is 4. The van der Waals surface area contributed by atoms with Gasteiger partial charge >= 0.3 is 0 Å². The van der Waals surface area contributed by atoms with Crippen LogP contribution < -0.4 is 20.9 Å². The van der Waals surface area contributed by atoms with Crippen molar-refractivity contribution in [3.8, 4) is 22.3 Å². The maximum atomic E-state index is 15.0. The van der Waals surface area contributed by atoms with E-state index in [2.05, 4.69) is 60.3 Å². The van der Waals surface area contributed by atoms with Gasteiger partial charge in [-0.15, -0.1) is 0 Å². The minimum atomic E-state index is -1.89. The van der Waals surface area contributed by atoms with Gasteiger partial charge in [0.2, 0.25) is 5.91 Å². The molecule has 238 valence electrons. The number of hydrogen-bond acceptors (Lipinski definition) is 6. The van der Waals surface area contributed by atoms with Crippen molar-refractivity contribution < 1.29 is 14.0 Å². The van der Waals surface area contributed by atoms with Crippen LogP contribution >= 0.6 is 0 Å². The second kappa shape index (κ2) is 12.3. The number of benzene rings is 2. The van der Waals surface area contributed by atoms with Crippen molar-refractivity contribution in [2.75, 3.05) is 36.4 Å². The maximum Gasteiger partial charge on any atom is 0.258 e. The Kier molecular flexibility index (Phi) is 8.06. The van der Waals surface area contributed by atoms with Gasteiger partial charge in [-0.05, 0) is 98.0 Å². The number of aryl methyl sites for hydroxylation is 3. The molecule has 4 N–H and O–H groups in total. The SMILES string of the molecule is Cc1n[nH]c(C)c1-c1ccc(NC(=O)[C@@H](NC(=O)C2(F)CC2)[C@@H]2CCCc3ccc(-c4ccnc(N5CCNCC5)c4)cc32)cc1. The van der Waals surface area contributed by atoms with Gasteiger partial charge in [0.15, 0.2) is 5.67 Å². The number of amides is 2. The standard InChI is InChI=1S/C36H40FN7O2/c1-22-32(23(2)43-42-22)25-8-10-28(11-9-25)40-34(45)33(41-35(46)36(37)13-14-36)29-5-3-4-24-6-7-26(20-30(24)29)27-12-15-39-31(21-27)44-18-16-38-17-19-44/h6-12,15,20-21,29,33,38H,3-5,13-14,16-19H2,1-2H3,(H,40,45)(H,41,46)(H,42,43)/t29-,33+/m1/s1. The van der Waals surface area contributed by atoms with Crippen LogP contribution in [0.3, 0.4) is 0 Å². The fourth-order valence-electron chi connectivity index (χ4n) is 6.90. The summed E-state index contributed by atoms with van der Waals surface area (Å²) in [5.74, 6) is -0.416. The topological polar surface area (TPSA) is 115 Å². The van der Waals surface area contributed by atoms with Crippen LogP contribution in [0, 0.1) is 13.8 Å². The fraction of sp³-hybridized carbons (Fsp3) is 0.389. The van der Waals surface area contributed by atoms with E-state index in [4.69, 9.17) is 0 Å². The molecule has 1 saturated carbocycles. The van der Waals surface area contributed by atoms with Crippen LogP contribution in [0.1, 0.15) is 54.1 Å². The first-order valence-corrected chi connectivity index (χ1v) is 16.3. The van der Waals surface area contributed by atoms with Crippen LogP contribution in [0.25, 0.3) is 22.3 Å². The summed E-state index contributed by atoms with van der Waals surface area (Å²) in [6.45, 7) is 7.59. The van der Waals surface area contributed by atoms with Gasteiger partial charge in [-0.1, -0.05) is 30.3 Å². The quantitative estimate of drug-likeness (QED) is 0.215. The summed E-state index contributed by atoms with van der Waals surface area (Å²) in [5.41, 5.74) is 6.86. The lowest BCUT2D eigenvalue weighted by molar-refractivity contribution is -0.131. The van der Waals surface area contributed by atoms with E-state index < -0.39 is 17.6 Å². The molecule has 2 aliphatic carbocycles. The number of aromatic amines is 1. The Hall–Kier alpha value is -4.57. The Morgan fingerprint density at radius 2 is 1.74 bits per heavy atom. The molecule has 3 heterocycles. The smallest absolute Gasteiger partial charge is 0.258 e. The third kappa shape index (κ3) is 6.01. The van der Waals surface area contributed by atoms with Gasteiger partial charge in [0, 0.05) is 55.2 Å². The lowest BCUT2D eigenvalue weighted by atomic mass is 9.77. The Labute approximate surface area is 268 Å². The molecule has 0 spiro atoms. The number of nitrogens with zero attached hydrogens (tertiary/aromatic N) is 3. The zero-order valence-electron chi connectivity index (χ0n) is 26.3. The highest BCUT2D eigenvalue weighted by atomic mass is 19.1. The fourth-order valence-corrected chi connectivity index (χ4v) is 6.90. The number of fused-ring (bicyclic) bond motifs is 1. The highest BCUT2D eigenvalue weighted by molar-refractivity contribution is 6.00. The lowest BCUT2D eigenvalue weighted by Gasteiger charge is -2.33. The molecule has 46 heavy (non-hydrogen) atoms. The molecule has 9 nitrogen and oxygen atoms in total. The van der Waals surface area contributed by atoms with E-state index in [9.17, 15) is 14.0 Å². The van der Waals surface area contributed by atoms with Crippen molar-refractivity contribution in [3.63, 3.8) is 0 Å². The van der Waals surface area contributed by atoms with Crippen LogP contribution in [-0.4, -0.2) is 64.9 Å². The first-order valence-electron chi connectivity index (χ1n) is 16.3. The van der Waals surface area contributed by atoms with Crippen LogP contribution in [-0.2, 0) is 16.0 Å². The number of H-pyrrole nitrogens is 1. The molecule has 1 aliphatic heterocycles. The third-order valence-electron chi connectivity index (χ3n) is 9.66. The average molecular weight is 622 g/mol. The lowest BCUT2D eigenvalue weighted by Crippen LogP contribution is -2.51. The molecule has 2 atom stereocenters. The van der Waals surface area contributed by atoms with Crippen LogP contribution in [0.4, 0.5) is 15.9 Å². The first kappa shape index (κ1) is 30.1. The number of rotatable bonds is 8. The molecule has 1 saturated heterocycles. The molecule has 3 aliphatic rings. The Morgan fingerprint density at radius 3 is 2.46 bits per heavy atom. The molecule has 0 radical (unpaired) electrons. The van der Waals surface area contributed by atoms with E-state index in [0.29, 0.717) is 12.1 Å². The number of alkyl halides is 1. The van der Waals surface area contributed by atoms with Gasteiger partial charge in [0.05, 0.1) is 5.69 Å². The second-order valence-electron chi connectivity index (χ2n) is 12.8. The number of hydrogen-bond donors (Lipinski definition) is 4. The van der Waals surface area contributed by atoms with E-state index >= 15 is 0 Å². The maximum absolute atomic E-state index is 15.0. The van der Waals surface area contributed by atoms with Gasteiger partial charge < -0.3 is 20.9 Å². The number of carbonyl (C=O) groups excluding carboxylic acids is 2. The molecule has 0 bridgehead atoms. The largest absolute Gasteiger partial charge is 0.354 e. The summed E-state index contributed by atoms with van der Waals surface area (Å²) in [7, 11) is 0. The summed E-state index contributed by atoms with van der Waals surface area (Å²) < 4.78 is 15.0. The van der Waals surface area contributed by atoms with Crippen molar-refractivity contribution in [1.29, 1.82) is 0 Å². The van der Waals surface area contributed by atoms with E-state index in [-0.39, 0.29) is 24.7 Å². The molecule has 2 amide bonds. The predicted octanol–water partition coefficient (Wildman–Crippen LogP) is 5.21. The van der Waals surface area contributed by atoms with E-state index in [1.165, 1.54) is 0 Å². The molecule has 4 aromatic rings. The molecule has 7 rings (SSSR count). The van der Waals surface area contributed by atoms with Gasteiger partial charge in [-0.3, -0.25) is 14.7 Å². The normalized spacial score (nSPS) is 19.2. The van der Waals surface area contributed by atoms with E-state index in [0.717, 1.165) is 89.6 Å². The average Bonchev–Trinajstić information content (AvgIpc) is 3.76. The Balaban J connectivity index is 1.18. The number of anilines is 2. The monoisotopic (exact) mass is 621 g/mol. The molecule has 0 unspecified atom stereocenters. The Bertz CT molecular complexity index is 1740. The van der Waals surface area contributed by atoms with Crippen LogP contribution in [0.15, 0.2) is 60.8 Å².